The van der Waals surface area contributed by atoms with Gasteiger partial charge in [0.15, 0.2) is 11.5 Å². The Labute approximate surface area is 132 Å². The number of nitrogens with two attached hydrogens (primary N) is 1. The van der Waals surface area contributed by atoms with E-state index in [2.05, 4.69) is 10.3 Å². The van der Waals surface area contributed by atoms with Gasteiger partial charge in [-0.2, -0.15) is 0 Å². The lowest BCUT2D eigenvalue weighted by Crippen LogP contribution is -2.25. The molecule has 23 heavy (non-hydrogen) atoms. The molecule has 1 amide bonds. The molecule has 1 aliphatic rings. The molecule has 0 bridgehead atoms. The highest BCUT2D eigenvalue weighted by molar-refractivity contribution is 5.94. The molecule has 6 nitrogen and oxygen atoms in total. The summed E-state index contributed by atoms with van der Waals surface area (Å²) >= 11 is 0. The van der Waals surface area contributed by atoms with Crippen molar-refractivity contribution in [1.82, 2.24) is 4.98 Å². The molecule has 3 N–H and O–H groups in total. The number of halogens is 1. The third-order valence-electron chi connectivity index (χ3n) is 3.85. The van der Waals surface area contributed by atoms with E-state index in [1.54, 1.807) is 18.2 Å². The van der Waals surface area contributed by atoms with Gasteiger partial charge < -0.3 is 20.5 Å². The monoisotopic (exact) mass is 317 g/mol. The molecule has 1 unspecified atom stereocenters. The second kappa shape index (κ2) is 5.75. The van der Waals surface area contributed by atoms with E-state index in [9.17, 15) is 9.18 Å². The van der Waals surface area contributed by atoms with Crippen molar-refractivity contribution in [3.05, 3.63) is 41.2 Å². The molecule has 1 aromatic carbocycles. The van der Waals surface area contributed by atoms with Crippen LogP contribution in [0.25, 0.3) is 0 Å². The molecule has 0 radical (unpaired) electrons. The van der Waals surface area contributed by atoms with Gasteiger partial charge in [-0.1, -0.05) is 6.07 Å². The minimum absolute atomic E-state index is 0.116. The fourth-order valence-corrected chi connectivity index (χ4v) is 2.76. The van der Waals surface area contributed by atoms with Crippen LogP contribution in [0.2, 0.25) is 0 Å². The quantitative estimate of drug-likeness (QED) is 0.907. The summed E-state index contributed by atoms with van der Waals surface area (Å²) in [5.74, 6) is 0.175. The highest BCUT2D eigenvalue weighted by Crippen LogP contribution is 2.41. The van der Waals surface area contributed by atoms with E-state index in [4.69, 9.17) is 15.2 Å². The van der Waals surface area contributed by atoms with Crippen molar-refractivity contribution < 1.29 is 18.7 Å². The number of pyridine rings is 1. The summed E-state index contributed by atoms with van der Waals surface area (Å²) in [6, 6.07) is 6.18. The van der Waals surface area contributed by atoms with Gasteiger partial charge in [0, 0.05) is 24.0 Å². The van der Waals surface area contributed by atoms with Crippen molar-refractivity contribution >= 4 is 17.5 Å². The molecule has 2 aromatic rings. The van der Waals surface area contributed by atoms with Crippen LogP contribution >= 0.6 is 0 Å². The van der Waals surface area contributed by atoms with Crippen LogP contribution in [0.4, 0.5) is 16.0 Å². The zero-order valence-corrected chi connectivity index (χ0v) is 12.7. The smallest absolute Gasteiger partial charge is 0.226 e. The number of carbonyl (C=O) groups excluding carboxylic acids is 1. The van der Waals surface area contributed by atoms with E-state index >= 15 is 0 Å². The first-order valence-electron chi connectivity index (χ1n) is 7.01. The van der Waals surface area contributed by atoms with E-state index in [1.165, 1.54) is 20.3 Å². The van der Waals surface area contributed by atoms with E-state index in [1.807, 2.05) is 0 Å². The predicted molar refractivity (Wildman–Crippen MR) is 83.2 cm³/mol. The van der Waals surface area contributed by atoms with Gasteiger partial charge in [0.25, 0.3) is 0 Å². The lowest BCUT2D eigenvalue weighted by atomic mass is 9.85. The van der Waals surface area contributed by atoms with Gasteiger partial charge in [-0.25, -0.2) is 9.37 Å². The number of hydrogen-bond donors (Lipinski definition) is 2. The van der Waals surface area contributed by atoms with Gasteiger partial charge in [0.2, 0.25) is 5.91 Å². The summed E-state index contributed by atoms with van der Waals surface area (Å²) in [5, 5.41) is 2.66. The Kier molecular flexibility index (Phi) is 3.77. The number of fused-ring (bicyclic) bond motifs is 1. The fraction of sp³-hybridized carbons (Fsp3) is 0.250. The SMILES string of the molecule is COc1cc(F)c(C2CC(=O)Nc3nc(N)ccc32)cc1OC. The number of nitrogens with zero attached hydrogens (tertiary/aromatic N) is 1. The van der Waals surface area contributed by atoms with Crippen LogP contribution in [0.15, 0.2) is 24.3 Å². The zero-order valence-electron chi connectivity index (χ0n) is 12.7. The molecule has 3 rings (SSSR count). The molecule has 1 aromatic heterocycles. The van der Waals surface area contributed by atoms with Crippen molar-refractivity contribution in [2.45, 2.75) is 12.3 Å². The zero-order chi connectivity index (χ0) is 16.6. The van der Waals surface area contributed by atoms with Crippen LogP contribution in [0.5, 0.6) is 11.5 Å². The Morgan fingerprint density at radius 1 is 1.22 bits per heavy atom. The number of aromatic nitrogens is 1. The Morgan fingerprint density at radius 2 is 1.91 bits per heavy atom. The molecule has 2 heterocycles. The Hall–Kier alpha value is -2.83. The van der Waals surface area contributed by atoms with Gasteiger partial charge in [-0.15, -0.1) is 0 Å². The summed E-state index contributed by atoms with van der Waals surface area (Å²) < 4.78 is 24.8. The maximum Gasteiger partial charge on any atom is 0.226 e. The summed E-state index contributed by atoms with van der Waals surface area (Å²) in [5.41, 5.74) is 6.72. The number of ether oxygens (including phenoxy) is 2. The first-order valence-corrected chi connectivity index (χ1v) is 7.01. The standard InChI is InChI=1S/C16H16FN3O3/c1-22-12-5-10(11(17)7-13(12)23-2)9-6-15(21)20-16-8(9)3-4-14(18)19-16/h3-5,7,9H,6H2,1-2H3,(H3,18,19,20,21). The molecule has 120 valence electrons. The maximum absolute atomic E-state index is 14.5. The molecule has 7 heteroatoms. The summed E-state index contributed by atoms with van der Waals surface area (Å²) in [4.78, 5) is 16.1. The lowest BCUT2D eigenvalue weighted by Gasteiger charge is -2.26. The average Bonchev–Trinajstić information content (AvgIpc) is 2.53. The van der Waals surface area contributed by atoms with Gasteiger partial charge in [-0.3, -0.25) is 4.79 Å². The number of methoxy groups -OCH3 is 2. The number of hydrogen-bond acceptors (Lipinski definition) is 5. The minimum atomic E-state index is -0.467. The highest BCUT2D eigenvalue weighted by Gasteiger charge is 2.30. The molecule has 0 aliphatic carbocycles. The second-order valence-electron chi connectivity index (χ2n) is 5.21. The Bertz CT molecular complexity index is 779. The van der Waals surface area contributed by atoms with Crippen LogP contribution in [-0.4, -0.2) is 25.1 Å². The number of nitrogens with one attached hydrogen (secondary N) is 1. The summed E-state index contributed by atoms with van der Waals surface area (Å²) in [6.07, 6.45) is 0.116. The topological polar surface area (TPSA) is 86.5 Å². The first kappa shape index (κ1) is 15.1. The van der Waals surface area contributed by atoms with Crippen molar-refractivity contribution in [2.75, 3.05) is 25.3 Å². The minimum Gasteiger partial charge on any atom is -0.493 e. The number of nitrogen functional groups attached to an aromatic ring is 1. The highest BCUT2D eigenvalue weighted by atomic mass is 19.1. The molecule has 0 fully saturated rings. The lowest BCUT2D eigenvalue weighted by molar-refractivity contribution is -0.116. The third-order valence-corrected chi connectivity index (χ3v) is 3.85. The number of carbonyl (C=O) groups is 1. The van der Waals surface area contributed by atoms with Crippen molar-refractivity contribution in [1.29, 1.82) is 0 Å². The predicted octanol–water partition coefficient (Wildman–Crippen LogP) is 2.29. The number of amides is 1. The van der Waals surface area contributed by atoms with Crippen LogP contribution in [0, 0.1) is 5.82 Å². The van der Waals surface area contributed by atoms with E-state index in [-0.39, 0.29) is 18.1 Å². The van der Waals surface area contributed by atoms with Crippen LogP contribution in [0.3, 0.4) is 0 Å². The molecule has 0 spiro atoms. The van der Waals surface area contributed by atoms with Crippen molar-refractivity contribution in [2.24, 2.45) is 0 Å². The third kappa shape index (κ3) is 2.65. The van der Waals surface area contributed by atoms with Crippen LogP contribution in [0.1, 0.15) is 23.5 Å². The van der Waals surface area contributed by atoms with Crippen molar-refractivity contribution in [3.8, 4) is 11.5 Å². The first-order chi connectivity index (χ1) is 11.0. The molecule has 0 saturated carbocycles. The van der Waals surface area contributed by atoms with Gasteiger partial charge >= 0.3 is 0 Å². The molecule has 1 atom stereocenters. The molecule has 0 saturated heterocycles. The average molecular weight is 317 g/mol. The largest absolute Gasteiger partial charge is 0.493 e. The second-order valence-corrected chi connectivity index (χ2v) is 5.21. The van der Waals surface area contributed by atoms with Gasteiger partial charge in [0.1, 0.15) is 17.5 Å². The Morgan fingerprint density at radius 3 is 2.61 bits per heavy atom. The van der Waals surface area contributed by atoms with E-state index in [0.717, 1.165) is 0 Å². The number of rotatable bonds is 3. The number of anilines is 2. The molecular formula is C16H16FN3O3. The van der Waals surface area contributed by atoms with Gasteiger partial charge in [0.05, 0.1) is 14.2 Å². The summed E-state index contributed by atoms with van der Waals surface area (Å²) in [7, 11) is 2.91. The Balaban J connectivity index is 2.14. The van der Waals surface area contributed by atoms with Gasteiger partial charge in [-0.05, 0) is 17.7 Å². The maximum atomic E-state index is 14.5. The van der Waals surface area contributed by atoms with E-state index < -0.39 is 11.7 Å². The molecule has 1 aliphatic heterocycles. The summed E-state index contributed by atoms with van der Waals surface area (Å²) in [6.45, 7) is 0. The van der Waals surface area contributed by atoms with E-state index in [0.29, 0.717) is 28.4 Å². The molecular weight excluding hydrogens is 301 g/mol. The van der Waals surface area contributed by atoms with Crippen molar-refractivity contribution in [3.63, 3.8) is 0 Å². The van der Waals surface area contributed by atoms with Crippen LogP contribution in [-0.2, 0) is 4.79 Å². The van der Waals surface area contributed by atoms with Crippen LogP contribution < -0.4 is 20.5 Å². The fourth-order valence-electron chi connectivity index (χ4n) is 2.76. The normalized spacial score (nSPS) is 16.5. The number of benzene rings is 1.